The van der Waals surface area contributed by atoms with Crippen molar-refractivity contribution in [1.82, 2.24) is 19.9 Å². The highest BCUT2D eigenvalue weighted by Crippen LogP contribution is 2.30. The molecule has 1 atom stereocenters. The number of aromatic nitrogens is 3. The van der Waals surface area contributed by atoms with Gasteiger partial charge in [-0.1, -0.05) is 11.6 Å². The summed E-state index contributed by atoms with van der Waals surface area (Å²) >= 11 is 6.19. The number of benzene rings is 1. The second kappa shape index (κ2) is 5.19. The van der Waals surface area contributed by atoms with Crippen molar-refractivity contribution >= 4 is 17.1 Å². The average Bonchev–Trinajstić information content (AvgIpc) is 2.88. The van der Waals surface area contributed by atoms with Gasteiger partial charge in [0, 0.05) is 23.0 Å². The lowest BCUT2D eigenvalue weighted by atomic mass is 10.00. The molecule has 2 heterocycles. The smallest absolute Gasteiger partial charge is 0.123 e. The molecule has 102 valence electrons. The fourth-order valence-electron chi connectivity index (χ4n) is 2.29. The molecule has 0 aliphatic carbocycles. The van der Waals surface area contributed by atoms with Crippen molar-refractivity contribution in [1.29, 1.82) is 0 Å². The van der Waals surface area contributed by atoms with E-state index in [0.717, 1.165) is 11.1 Å². The van der Waals surface area contributed by atoms with Crippen LogP contribution in [0.3, 0.4) is 0 Å². The predicted molar refractivity (Wildman–Crippen MR) is 75.3 cm³/mol. The van der Waals surface area contributed by atoms with Crippen molar-refractivity contribution in [2.45, 2.75) is 6.04 Å². The van der Waals surface area contributed by atoms with Crippen LogP contribution >= 0.6 is 11.6 Å². The quantitative estimate of drug-likeness (QED) is 0.806. The Balaban J connectivity index is 2.16. The Morgan fingerprint density at radius 1 is 1.30 bits per heavy atom. The van der Waals surface area contributed by atoms with Crippen LogP contribution in [-0.2, 0) is 0 Å². The number of fused-ring (bicyclic) bond motifs is 1. The highest BCUT2D eigenvalue weighted by molar-refractivity contribution is 6.31. The molecule has 0 amide bonds. The van der Waals surface area contributed by atoms with Crippen LogP contribution in [0.2, 0.25) is 5.02 Å². The van der Waals surface area contributed by atoms with Crippen LogP contribution in [0.4, 0.5) is 4.39 Å². The summed E-state index contributed by atoms with van der Waals surface area (Å²) in [7, 11) is 1.80. The summed E-state index contributed by atoms with van der Waals surface area (Å²) in [5, 5.41) is 7.92. The van der Waals surface area contributed by atoms with Crippen LogP contribution in [0.1, 0.15) is 17.2 Å². The van der Waals surface area contributed by atoms with Crippen molar-refractivity contribution < 1.29 is 4.39 Å². The topological polar surface area (TPSA) is 42.2 Å². The van der Waals surface area contributed by atoms with E-state index in [1.54, 1.807) is 42.4 Å². The van der Waals surface area contributed by atoms with E-state index in [1.807, 2.05) is 0 Å². The molecule has 2 aromatic heterocycles. The van der Waals surface area contributed by atoms with Gasteiger partial charge in [-0.15, -0.1) is 0 Å². The third-order valence-electron chi connectivity index (χ3n) is 3.22. The maximum atomic E-state index is 13.5. The van der Waals surface area contributed by atoms with Gasteiger partial charge < -0.3 is 5.32 Å². The molecule has 0 radical (unpaired) electrons. The van der Waals surface area contributed by atoms with E-state index in [0.29, 0.717) is 10.6 Å². The lowest BCUT2D eigenvalue weighted by Gasteiger charge is -2.17. The minimum absolute atomic E-state index is 0.250. The highest BCUT2D eigenvalue weighted by Gasteiger charge is 2.20. The second-order valence-electron chi connectivity index (χ2n) is 4.39. The molecule has 0 saturated carbocycles. The predicted octanol–water partition coefficient (Wildman–Crippen LogP) is 2.83. The van der Waals surface area contributed by atoms with E-state index >= 15 is 0 Å². The van der Waals surface area contributed by atoms with Crippen LogP contribution in [0.15, 0.2) is 43.0 Å². The van der Waals surface area contributed by atoms with E-state index in [-0.39, 0.29) is 11.9 Å². The van der Waals surface area contributed by atoms with Crippen molar-refractivity contribution in [3.05, 3.63) is 65.0 Å². The highest BCUT2D eigenvalue weighted by atomic mass is 35.5. The Morgan fingerprint density at radius 2 is 2.15 bits per heavy atom. The van der Waals surface area contributed by atoms with Gasteiger partial charge in [0.25, 0.3) is 0 Å². The number of halogens is 2. The maximum absolute atomic E-state index is 13.5. The first-order valence-electron chi connectivity index (χ1n) is 6.10. The summed E-state index contributed by atoms with van der Waals surface area (Å²) < 4.78 is 15.2. The Hall–Kier alpha value is -1.98. The average molecular weight is 291 g/mol. The lowest BCUT2D eigenvalue weighted by Crippen LogP contribution is -2.18. The molecule has 4 nitrogen and oxygen atoms in total. The van der Waals surface area contributed by atoms with Gasteiger partial charge >= 0.3 is 0 Å². The molecule has 0 spiro atoms. The minimum Gasteiger partial charge on any atom is -0.309 e. The molecule has 3 aromatic rings. The third-order valence-corrected chi connectivity index (χ3v) is 3.57. The SMILES string of the molecule is CNC(c1cc(F)ccc1Cl)c1cnn2ccncc12. The van der Waals surface area contributed by atoms with E-state index in [2.05, 4.69) is 15.4 Å². The molecule has 3 rings (SSSR count). The zero-order chi connectivity index (χ0) is 14.1. The van der Waals surface area contributed by atoms with Gasteiger partial charge in [0.05, 0.1) is 24.0 Å². The molecular weight excluding hydrogens is 279 g/mol. The summed E-state index contributed by atoms with van der Waals surface area (Å²) in [4.78, 5) is 4.10. The number of rotatable bonds is 3. The molecule has 20 heavy (non-hydrogen) atoms. The van der Waals surface area contributed by atoms with Crippen LogP contribution in [0.25, 0.3) is 5.52 Å². The molecule has 0 fully saturated rings. The van der Waals surface area contributed by atoms with Crippen molar-refractivity contribution in [2.24, 2.45) is 0 Å². The molecular formula is C14H12ClFN4. The van der Waals surface area contributed by atoms with Crippen molar-refractivity contribution in [3.8, 4) is 0 Å². The molecule has 1 aromatic carbocycles. The zero-order valence-electron chi connectivity index (χ0n) is 10.7. The van der Waals surface area contributed by atoms with Crippen LogP contribution in [0.5, 0.6) is 0 Å². The molecule has 1 N–H and O–H groups in total. The summed E-state index contributed by atoms with van der Waals surface area (Å²) in [6, 6.07) is 4.08. The van der Waals surface area contributed by atoms with Crippen LogP contribution in [0, 0.1) is 5.82 Å². The summed E-state index contributed by atoms with van der Waals surface area (Å²) in [5.41, 5.74) is 2.42. The Labute approximate surface area is 120 Å². The minimum atomic E-state index is -0.320. The van der Waals surface area contributed by atoms with E-state index in [9.17, 15) is 4.39 Å². The Morgan fingerprint density at radius 3 is 2.95 bits per heavy atom. The fraction of sp³-hybridized carbons (Fsp3) is 0.143. The molecule has 0 aliphatic rings. The maximum Gasteiger partial charge on any atom is 0.123 e. The fourth-order valence-corrected chi connectivity index (χ4v) is 2.52. The van der Waals surface area contributed by atoms with Crippen LogP contribution in [-0.4, -0.2) is 21.6 Å². The molecule has 0 aliphatic heterocycles. The van der Waals surface area contributed by atoms with E-state index in [1.165, 1.54) is 12.1 Å². The van der Waals surface area contributed by atoms with Gasteiger partial charge in [0.15, 0.2) is 0 Å². The van der Waals surface area contributed by atoms with Gasteiger partial charge in [-0.25, -0.2) is 8.91 Å². The molecule has 0 saturated heterocycles. The van der Waals surface area contributed by atoms with Crippen molar-refractivity contribution in [3.63, 3.8) is 0 Å². The monoisotopic (exact) mass is 290 g/mol. The number of nitrogens with zero attached hydrogens (tertiary/aromatic N) is 3. The first-order chi connectivity index (χ1) is 9.70. The number of nitrogens with one attached hydrogen (secondary N) is 1. The van der Waals surface area contributed by atoms with Gasteiger partial charge in [-0.2, -0.15) is 5.10 Å². The second-order valence-corrected chi connectivity index (χ2v) is 4.80. The zero-order valence-corrected chi connectivity index (χ0v) is 11.5. The van der Waals surface area contributed by atoms with E-state index in [4.69, 9.17) is 11.6 Å². The molecule has 1 unspecified atom stereocenters. The third kappa shape index (κ3) is 2.15. The van der Waals surface area contributed by atoms with Gasteiger partial charge in [0.2, 0.25) is 0 Å². The van der Waals surface area contributed by atoms with Gasteiger partial charge in [0.1, 0.15) is 5.82 Å². The van der Waals surface area contributed by atoms with Crippen molar-refractivity contribution in [2.75, 3.05) is 7.05 Å². The first kappa shape index (κ1) is 13.0. The molecule has 0 bridgehead atoms. The summed E-state index contributed by atoms with van der Waals surface area (Å²) in [6.07, 6.45) is 6.88. The summed E-state index contributed by atoms with van der Waals surface area (Å²) in [5.74, 6) is -0.320. The Kier molecular flexibility index (Phi) is 3.38. The largest absolute Gasteiger partial charge is 0.309 e. The van der Waals surface area contributed by atoms with Crippen LogP contribution < -0.4 is 5.32 Å². The van der Waals surface area contributed by atoms with E-state index < -0.39 is 0 Å². The standard InChI is InChI=1S/C14H12ClFN4/c1-17-14(10-6-9(16)2-3-12(10)15)11-7-19-20-5-4-18-8-13(11)20/h2-8,14,17H,1H3. The Bertz CT molecular complexity index is 756. The summed E-state index contributed by atoms with van der Waals surface area (Å²) in [6.45, 7) is 0. The van der Waals surface area contributed by atoms with Gasteiger partial charge in [-0.3, -0.25) is 4.98 Å². The first-order valence-corrected chi connectivity index (χ1v) is 6.48. The lowest BCUT2D eigenvalue weighted by molar-refractivity contribution is 0.617. The number of hydrogen-bond acceptors (Lipinski definition) is 3. The normalized spacial score (nSPS) is 12.8. The number of hydrogen-bond donors (Lipinski definition) is 1. The van der Waals surface area contributed by atoms with Gasteiger partial charge in [-0.05, 0) is 30.8 Å². The molecule has 6 heteroatoms.